The van der Waals surface area contributed by atoms with Crippen LogP contribution in [-0.4, -0.2) is 29.1 Å². The summed E-state index contributed by atoms with van der Waals surface area (Å²) in [4.78, 5) is 14.6. The Kier molecular flexibility index (Phi) is 4.31. The van der Waals surface area contributed by atoms with Crippen molar-refractivity contribution in [1.82, 2.24) is 10.2 Å². The molecule has 4 atom stereocenters. The van der Waals surface area contributed by atoms with Crippen molar-refractivity contribution in [2.24, 2.45) is 11.8 Å². The smallest absolute Gasteiger partial charge is 0.240 e. The van der Waals surface area contributed by atoms with Gasteiger partial charge < -0.3 is 4.90 Å². The number of carbonyl (C=O) groups is 1. The first-order valence-electron chi connectivity index (χ1n) is 7.59. The molecule has 1 saturated carbocycles. The fourth-order valence-corrected chi connectivity index (χ4v) is 3.55. The number of carbonyl (C=O) groups excluding carboxylic acids is 1. The van der Waals surface area contributed by atoms with Gasteiger partial charge in [-0.3, -0.25) is 10.1 Å². The molecule has 1 aliphatic heterocycles. The van der Waals surface area contributed by atoms with E-state index in [0.29, 0.717) is 23.8 Å². The van der Waals surface area contributed by atoms with Crippen molar-refractivity contribution in [2.75, 3.05) is 0 Å². The van der Waals surface area contributed by atoms with Gasteiger partial charge in [-0.15, -0.1) is 0 Å². The molecule has 0 spiro atoms. The lowest BCUT2D eigenvalue weighted by molar-refractivity contribution is -0.134. The average molecular weight is 252 g/mol. The molecule has 2 aliphatic rings. The topological polar surface area (TPSA) is 32.3 Å². The molecule has 0 aromatic carbocycles. The van der Waals surface area contributed by atoms with Crippen LogP contribution in [0.15, 0.2) is 0 Å². The van der Waals surface area contributed by atoms with E-state index >= 15 is 0 Å². The Labute approximate surface area is 111 Å². The lowest BCUT2D eigenvalue weighted by Gasteiger charge is -2.39. The van der Waals surface area contributed by atoms with Crippen molar-refractivity contribution in [1.29, 1.82) is 0 Å². The van der Waals surface area contributed by atoms with Crippen LogP contribution in [0.3, 0.4) is 0 Å². The zero-order valence-electron chi connectivity index (χ0n) is 12.3. The maximum Gasteiger partial charge on any atom is 0.240 e. The molecule has 18 heavy (non-hydrogen) atoms. The van der Waals surface area contributed by atoms with Crippen LogP contribution in [0.25, 0.3) is 0 Å². The summed E-state index contributed by atoms with van der Waals surface area (Å²) in [6.45, 7) is 8.78. The minimum Gasteiger partial charge on any atom is -0.323 e. The van der Waals surface area contributed by atoms with Gasteiger partial charge in [0, 0.05) is 6.04 Å². The maximum atomic E-state index is 12.4. The number of hydrogen-bond acceptors (Lipinski definition) is 2. The fourth-order valence-electron chi connectivity index (χ4n) is 3.55. The zero-order valence-corrected chi connectivity index (χ0v) is 12.3. The van der Waals surface area contributed by atoms with Gasteiger partial charge in [-0.05, 0) is 38.0 Å². The largest absolute Gasteiger partial charge is 0.323 e. The van der Waals surface area contributed by atoms with Gasteiger partial charge in [-0.1, -0.05) is 33.6 Å². The second-order valence-corrected chi connectivity index (χ2v) is 6.61. The predicted octanol–water partition coefficient (Wildman–Crippen LogP) is 2.76. The van der Waals surface area contributed by atoms with Crippen molar-refractivity contribution in [3.05, 3.63) is 0 Å². The van der Waals surface area contributed by atoms with Crippen LogP contribution in [-0.2, 0) is 4.79 Å². The molecule has 0 aromatic rings. The molecule has 3 nitrogen and oxygen atoms in total. The molecule has 2 fully saturated rings. The second kappa shape index (κ2) is 5.60. The van der Waals surface area contributed by atoms with E-state index in [-0.39, 0.29) is 12.2 Å². The van der Waals surface area contributed by atoms with E-state index in [4.69, 9.17) is 0 Å². The third kappa shape index (κ3) is 2.71. The molecule has 104 valence electrons. The van der Waals surface area contributed by atoms with Crippen LogP contribution in [0.1, 0.15) is 59.8 Å². The first-order valence-corrected chi connectivity index (χ1v) is 7.59. The molecule has 0 aromatic heterocycles. The summed E-state index contributed by atoms with van der Waals surface area (Å²) in [6.07, 6.45) is 6.41. The maximum absolute atomic E-state index is 12.4. The molecular formula is C15H28N2O. The standard InChI is InChI=1S/C15H28N2O/c1-10(2)9-14-16-12(4)15(18)17(14)13-8-6-5-7-11(13)3/h10-14,16H,5-9H2,1-4H3. The van der Waals surface area contributed by atoms with Gasteiger partial charge >= 0.3 is 0 Å². The monoisotopic (exact) mass is 252 g/mol. The highest BCUT2D eigenvalue weighted by molar-refractivity contribution is 5.84. The molecule has 1 heterocycles. The van der Waals surface area contributed by atoms with E-state index in [0.717, 1.165) is 6.42 Å². The van der Waals surface area contributed by atoms with Gasteiger partial charge in [0.15, 0.2) is 0 Å². The third-order valence-electron chi connectivity index (χ3n) is 4.52. The zero-order chi connectivity index (χ0) is 13.3. The van der Waals surface area contributed by atoms with Crippen molar-refractivity contribution in [3.63, 3.8) is 0 Å². The normalized spacial score (nSPS) is 37.6. The van der Waals surface area contributed by atoms with Crippen LogP contribution in [0.4, 0.5) is 0 Å². The molecule has 0 bridgehead atoms. The van der Waals surface area contributed by atoms with Gasteiger partial charge in [0.25, 0.3) is 0 Å². The van der Waals surface area contributed by atoms with E-state index in [1.165, 1.54) is 25.7 Å². The van der Waals surface area contributed by atoms with Crippen LogP contribution < -0.4 is 5.32 Å². The summed E-state index contributed by atoms with van der Waals surface area (Å²) < 4.78 is 0. The summed E-state index contributed by atoms with van der Waals surface area (Å²) in [6, 6.07) is 0.468. The Bertz CT molecular complexity index is 303. The highest BCUT2D eigenvalue weighted by Crippen LogP contribution is 2.32. The number of rotatable bonds is 3. The Morgan fingerprint density at radius 1 is 1.28 bits per heavy atom. The number of nitrogens with zero attached hydrogens (tertiary/aromatic N) is 1. The number of amides is 1. The minimum absolute atomic E-state index is 0.00266. The third-order valence-corrected chi connectivity index (χ3v) is 4.52. The highest BCUT2D eigenvalue weighted by Gasteiger charge is 2.42. The van der Waals surface area contributed by atoms with Gasteiger partial charge in [-0.2, -0.15) is 0 Å². The Morgan fingerprint density at radius 3 is 2.56 bits per heavy atom. The van der Waals surface area contributed by atoms with Gasteiger partial charge in [0.05, 0.1) is 12.2 Å². The van der Waals surface area contributed by atoms with Crippen molar-refractivity contribution >= 4 is 5.91 Å². The summed E-state index contributed by atoms with van der Waals surface area (Å²) in [5.41, 5.74) is 0. The van der Waals surface area contributed by atoms with E-state index in [2.05, 4.69) is 31.0 Å². The lowest BCUT2D eigenvalue weighted by atomic mass is 9.84. The molecule has 4 unspecified atom stereocenters. The average Bonchev–Trinajstić information content (AvgIpc) is 2.55. The first kappa shape index (κ1) is 13.9. The van der Waals surface area contributed by atoms with Gasteiger partial charge in [-0.25, -0.2) is 0 Å². The van der Waals surface area contributed by atoms with Gasteiger partial charge in [0.2, 0.25) is 5.91 Å². The SMILES string of the molecule is CC(C)CC1NC(C)C(=O)N1C1CCCCC1C. The molecule has 1 N–H and O–H groups in total. The number of hydrogen-bond donors (Lipinski definition) is 1. The lowest BCUT2D eigenvalue weighted by Crippen LogP contribution is -2.49. The molecule has 1 aliphatic carbocycles. The van der Waals surface area contributed by atoms with E-state index in [9.17, 15) is 4.79 Å². The summed E-state index contributed by atoms with van der Waals surface area (Å²) in [7, 11) is 0. The summed E-state index contributed by atoms with van der Waals surface area (Å²) >= 11 is 0. The number of nitrogens with one attached hydrogen (secondary N) is 1. The Balaban J connectivity index is 2.12. The fraction of sp³-hybridized carbons (Fsp3) is 0.933. The van der Waals surface area contributed by atoms with Gasteiger partial charge in [0.1, 0.15) is 0 Å². The molecule has 2 rings (SSSR count). The highest BCUT2D eigenvalue weighted by atomic mass is 16.2. The van der Waals surface area contributed by atoms with Crippen LogP contribution in [0.2, 0.25) is 0 Å². The quantitative estimate of drug-likeness (QED) is 0.837. The van der Waals surface area contributed by atoms with Crippen molar-refractivity contribution < 1.29 is 4.79 Å². The Hall–Kier alpha value is -0.570. The first-order chi connectivity index (χ1) is 8.50. The molecule has 1 amide bonds. The molecular weight excluding hydrogens is 224 g/mol. The minimum atomic E-state index is 0.00266. The predicted molar refractivity (Wildman–Crippen MR) is 74.1 cm³/mol. The van der Waals surface area contributed by atoms with Crippen LogP contribution in [0, 0.1) is 11.8 Å². The van der Waals surface area contributed by atoms with E-state index < -0.39 is 0 Å². The summed E-state index contributed by atoms with van der Waals surface area (Å²) in [5.74, 6) is 1.60. The Morgan fingerprint density at radius 2 is 1.94 bits per heavy atom. The van der Waals surface area contributed by atoms with Crippen LogP contribution in [0.5, 0.6) is 0 Å². The van der Waals surface area contributed by atoms with Crippen LogP contribution >= 0.6 is 0 Å². The molecule has 0 radical (unpaired) electrons. The molecule has 1 saturated heterocycles. The second-order valence-electron chi connectivity index (χ2n) is 6.61. The van der Waals surface area contributed by atoms with Crippen molar-refractivity contribution in [2.45, 2.75) is 78.0 Å². The van der Waals surface area contributed by atoms with E-state index in [1.54, 1.807) is 0 Å². The summed E-state index contributed by atoms with van der Waals surface area (Å²) in [5, 5.41) is 3.48. The van der Waals surface area contributed by atoms with E-state index in [1.807, 2.05) is 6.92 Å². The van der Waals surface area contributed by atoms with Crippen molar-refractivity contribution in [3.8, 4) is 0 Å². The molecule has 3 heteroatoms.